The predicted octanol–water partition coefficient (Wildman–Crippen LogP) is 2.78. The van der Waals surface area contributed by atoms with Gasteiger partial charge in [0.2, 0.25) is 15.9 Å². The van der Waals surface area contributed by atoms with Crippen LogP contribution in [0.25, 0.3) is 0 Å². The van der Waals surface area contributed by atoms with Gasteiger partial charge in [0.05, 0.1) is 6.61 Å². The van der Waals surface area contributed by atoms with Gasteiger partial charge in [-0.25, -0.2) is 8.42 Å². The highest BCUT2D eigenvalue weighted by atomic mass is 35.5. The predicted molar refractivity (Wildman–Crippen MR) is 116 cm³/mol. The number of carbonyl (C=O) groups is 1. The van der Waals surface area contributed by atoms with Crippen molar-refractivity contribution < 1.29 is 22.7 Å². The van der Waals surface area contributed by atoms with Crippen LogP contribution in [0.3, 0.4) is 0 Å². The van der Waals surface area contributed by atoms with Crippen LogP contribution in [0.1, 0.15) is 18.9 Å². The van der Waals surface area contributed by atoms with Gasteiger partial charge in [-0.05, 0) is 43.5 Å². The quantitative estimate of drug-likeness (QED) is 0.481. The standard InChI is InChI=1S/C21H27ClN2O5S/c1-3-29-19-11-10-17(22)15-20(19)30(26,27)24-18(14-16-8-5-4-6-9-16)21(25)23-12-7-13-28-2/h4-6,8-11,15,18,24H,3,7,12-14H2,1-2H3,(H,23,25). The Hall–Kier alpha value is -2.13. The van der Waals surface area contributed by atoms with Gasteiger partial charge in [0.15, 0.2) is 0 Å². The van der Waals surface area contributed by atoms with Gasteiger partial charge in [-0.3, -0.25) is 4.79 Å². The number of carbonyl (C=O) groups excluding carboxylic acids is 1. The monoisotopic (exact) mass is 454 g/mol. The van der Waals surface area contributed by atoms with E-state index in [0.29, 0.717) is 19.6 Å². The van der Waals surface area contributed by atoms with Gasteiger partial charge in [0.1, 0.15) is 16.7 Å². The van der Waals surface area contributed by atoms with Crippen molar-refractivity contribution in [2.45, 2.75) is 30.7 Å². The molecule has 2 rings (SSSR count). The Morgan fingerprint density at radius 1 is 1.17 bits per heavy atom. The molecular formula is C21H27ClN2O5S. The topological polar surface area (TPSA) is 93.7 Å². The summed E-state index contributed by atoms with van der Waals surface area (Å²) in [5.41, 5.74) is 0.827. The van der Waals surface area contributed by atoms with E-state index in [1.165, 1.54) is 12.1 Å². The molecule has 1 atom stereocenters. The Labute approximate surface area is 182 Å². The maximum absolute atomic E-state index is 13.1. The van der Waals surface area contributed by atoms with Crippen LogP contribution in [0.4, 0.5) is 0 Å². The molecule has 1 unspecified atom stereocenters. The van der Waals surface area contributed by atoms with Crippen molar-refractivity contribution in [2.75, 3.05) is 26.9 Å². The van der Waals surface area contributed by atoms with Crippen molar-refractivity contribution in [1.82, 2.24) is 10.0 Å². The number of ether oxygens (including phenoxy) is 2. The lowest BCUT2D eigenvalue weighted by atomic mass is 10.1. The number of benzene rings is 2. The molecule has 2 aromatic rings. The minimum absolute atomic E-state index is 0.109. The molecule has 0 saturated heterocycles. The molecule has 0 bridgehead atoms. The van der Waals surface area contributed by atoms with Crippen LogP contribution in [0, 0.1) is 0 Å². The van der Waals surface area contributed by atoms with E-state index in [4.69, 9.17) is 21.1 Å². The van der Waals surface area contributed by atoms with Gasteiger partial charge in [-0.1, -0.05) is 41.9 Å². The molecule has 0 saturated carbocycles. The van der Waals surface area contributed by atoms with Crippen LogP contribution < -0.4 is 14.8 Å². The fourth-order valence-corrected chi connectivity index (χ4v) is 4.41. The second kappa shape index (κ2) is 11.9. The summed E-state index contributed by atoms with van der Waals surface area (Å²) in [6.07, 6.45) is 0.816. The van der Waals surface area contributed by atoms with Gasteiger partial charge in [0, 0.05) is 25.3 Å². The molecule has 9 heteroatoms. The van der Waals surface area contributed by atoms with E-state index in [1.54, 1.807) is 20.1 Å². The first-order valence-electron chi connectivity index (χ1n) is 9.62. The maximum atomic E-state index is 13.1. The molecule has 0 heterocycles. The van der Waals surface area contributed by atoms with Crippen molar-refractivity contribution in [3.63, 3.8) is 0 Å². The summed E-state index contributed by atoms with van der Waals surface area (Å²) in [6, 6.07) is 12.6. The number of halogens is 1. The third-order valence-corrected chi connectivity index (χ3v) is 5.94. The molecule has 0 aliphatic rings. The van der Waals surface area contributed by atoms with E-state index in [0.717, 1.165) is 5.56 Å². The summed E-state index contributed by atoms with van der Waals surface area (Å²) in [4.78, 5) is 12.7. The highest BCUT2D eigenvalue weighted by molar-refractivity contribution is 7.89. The highest BCUT2D eigenvalue weighted by Gasteiger charge is 2.28. The normalized spacial score (nSPS) is 12.4. The van der Waals surface area contributed by atoms with E-state index in [1.807, 2.05) is 30.3 Å². The summed E-state index contributed by atoms with van der Waals surface area (Å²) in [6.45, 7) is 2.92. The summed E-state index contributed by atoms with van der Waals surface area (Å²) in [7, 11) is -2.50. The van der Waals surface area contributed by atoms with Gasteiger partial charge < -0.3 is 14.8 Å². The summed E-state index contributed by atoms with van der Waals surface area (Å²) in [5, 5.41) is 3.01. The Bertz CT molecular complexity index is 922. The Morgan fingerprint density at radius 3 is 2.57 bits per heavy atom. The molecule has 0 aromatic heterocycles. The van der Waals surface area contributed by atoms with Crippen LogP contribution in [-0.4, -0.2) is 47.2 Å². The van der Waals surface area contributed by atoms with Gasteiger partial charge in [-0.15, -0.1) is 0 Å². The van der Waals surface area contributed by atoms with Crippen molar-refractivity contribution >= 4 is 27.5 Å². The minimum atomic E-state index is -4.08. The number of hydrogen-bond acceptors (Lipinski definition) is 5. The molecule has 0 spiro atoms. The molecule has 2 N–H and O–H groups in total. The number of nitrogens with one attached hydrogen (secondary N) is 2. The number of hydrogen-bond donors (Lipinski definition) is 2. The van der Waals surface area contributed by atoms with Crippen molar-refractivity contribution in [2.24, 2.45) is 0 Å². The maximum Gasteiger partial charge on any atom is 0.245 e. The van der Waals surface area contributed by atoms with E-state index in [-0.39, 0.29) is 28.7 Å². The minimum Gasteiger partial charge on any atom is -0.492 e. The Kier molecular flexibility index (Phi) is 9.58. The SMILES string of the molecule is CCOc1ccc(Cl)cc1S(=O)(=O)NC(Cc1ccccc1)C(=O)NCCCOC. The number of rotatable bonds is 12. The third-order valence-electron chi connectivity index (χ3n) is 4.22. The number of amides is 1. The van der Waals surface area contributed by atoms with Gasteiger partial charge in [-0.2, -0.15) is 4.72 Å². The zero-order valence-corrected chi connectivity index (χ0v) is 18.6. The van der Waals surface area contributed by atoms with Crippen LogP contribution in [0.2, 0.25) is 5.02 Å². The molecule has 0 aliphatic heterocycles. The average molecular weight is 455 g/mol. The largest absolute Gasteiger partial charge is 0.492 e. The Morgan fingerprint density at radius 2 is 1.90 bits per heavy atom. The second-order valence-corrected chi connectivity index (χ2v) is 8.64. The van der Waals surface area contributed by atoms with Gasteiger partial charge >= 0.3 is 0 Å². The lowest BCUT2D eigenvalue weighted by Gasteiger charge is -2.20. The fourth-order valence-electron chi connectivity index (χ4n) is 2.81. The lowest BCUT2D eigenvalue weighted by molar-refractivity contribution is -0.122. The zero-order chi connectivity index (χ0) is 22.0. The van der Waals surface area contributed by atoms with Crippen molar-refractivity contribution in [3.05, 3.63) is 59.1 Å². The van der Waals surface area contributed by atoms with E-state index in [9.17, 15) is 13.2 Å². The van der Waals surface area contributed by atoms with Crippen molar-refractivity contribution in [3.8, 4) is 5.75 Å². The van der Waals surface area contributed by atoms with Crippen LogP contribution in [0.5, 0.6) is 5.75 Å². The number of methoxy groups -OCH3 is 1. The first-order chi connectivity index (χ1) is 14.4. The van der Waals surface area contributed by atoms with Crippen LogP contribution in [-0.2, 0) is 26.0 Å². The molecule has 0 aliphatic carbocycles. The molecule has 30 heavy (non-hydrogen) atoms. The molecule has 0 fully saturated rings. The van der Waals surface area contributed by atoms with Crippen molar-refractivity contribution in [1.29, 1.82) is 0 Å². The van der Waals surface area contributed by atoms with Crippen LogP contribution in [0.15, 0.2) is 53.4 Å². The summed E-state index contributed by atoms with van der Waals surface area (Å²) in [5.74, 6) is -0.244. The molecule has 164 valence electrons. The molecule has 7 nitrogen and oxygen atoms in total. The fraction of sp³-hybridized carbons (Fsp3) is 0.381. The van der Waals surface area contributed by atoms with E-state index in [2.05, 4.69) is 10.0 Å². The zero-order valence-electron chi connectivity index (χ0n) is 17.1. The molecule has 1 amide bonds. The lowest BCUT2D eigenvalue weighted by Crippen LogP contribution is -2.48. The summed E-state index contributed by atoms with van der Waals surface area (Å²) < 4.78 is 39.2. The highest BCUT2D eigenvalue weighted by Crippen LogP contribution is 2.27. The van der Waals surface area contributed by atoms with E-state index >= 15 is 0 Å². The Balaban J connectivity index is 2.27. The number of sulfonamides is 1. The molecular weight excluding hydrogens is 428 g/mol. The molecule has 2 aromatic carbocycles. The van der Waals surface area contributed by atoms with Crippen LogP contribution >= 0.6 is 11.6 Å². The van der Waals surface area contributed by atoms with E-state index < -0.39 is 22.0 Å². The second-order valence-electron chi connectivity index (χ2n) is 6.53. The smallest absolute Gasteiger partial charge is 0.245 e. The first-order valence-corrected chi connectivity index (χ1v) is 11.5. The average Bonchev–Trinajstić information content (AvgIpc) is 2.72. The summed E-state index contributed by atoms with van der Waals surface area (Å²) >= 11 is 6.01. The molecule has 0 radical (unpaired) electrons. The van der Waals surface area contributed by atoms with Gasteiger partial charge in [0.25, 0.3) is 0 Å². The first kappa shape index (κ1) is 24.1. The third kappa shape index (κ3) is 7.28.